The number of rotatable bonds is 4. The number of amides is 2. The molecule has 2 N–H and O–H groups in total. The SMILES string of the molecule is Cc1ccc(C(=O)NC2CCCCCC2)cc1NC(=O)c1ccco1. The molecule has 0 spiro atoms. The lowest BCUT2D eigenvalue weighted by Crippen LogP contribution is -2.34. The van der Waals surface area contributed by atoms with E-state index in [4.69, 9.17) is 4.42 Å². The highest BCUT2D eigenvalue weighted by Crippen LogP contribution is 2.20. The Hall–Kier alpha value is -2.56. The van der Waals surface area contributed by atoms with Crippen molar-refractivity contribution in [1.82, 2.24) is 5.32 Å². The van der Waals surface area contributed by atoms with Crippen molar-refractivity contribution in [3.8, 4) is 0 Å². The molecule has 5 nitrogen and oxygen atoms in total. The Morgan fingerprint density at radius 1 is 1.04 bits per heavy atom. The van der Waals surface area contributed by atoms with Crippen LogP contribution in [0.3, 0.4) is 0 Å². The zero-order valence-electron chi connectivity index (χ0n) is 14.5. The molecule has 1 aliphatic carbocycles. The summed E-state index contributed by atoms with van der Waals surface area (Å²) in [7, 11) is 0. The van der Waals surface area contributed by atoms with Crippen LogP contribution in [-0.2, 0) is 0 Å². The Balaban J connectivity index is 1.69. The lowest BCUT2D eigenvalue weighted by atomic mass is 10.1. The van der Waals surface area contributed by atoms with E-state index in [9.17, 15) is 9.59 Å². The second-order valence-electron chi connectivity index (χ2n) is 6.62. The van der Waals surface area contributed by atoms with Gasteiger partial charge < -0.3 is 15.1 Å². The Bertz CT molecular complexity index is 729. The van der Waals surface area contributed by atoms with Gasteiger partial charge in [-0.25, -0.2) is 0 Å². The van der Waals surface area contributed by atoms with Crippen LogP contribution in [0.25, 0.3) is 0 Å². The van der Waals surface area contributed by atoms with E-state index in [2.05, 4.69) is 10.6 Å². The van der Waals surface area contributed by atoms with Crippen molar-refractivity contribution in [3.63, 3.8) is 0 Å². The minimum atomic E-state index is -0.325. The van der Waals surface area contributed by atoms with Crippen LogP contribution in [0.5, 0.6) is 0 Å². The van der Waals surface area contributed by atoms with E-state index in [1.54, 1.807) is 24.3 Å². The Kier molecular flexibility index (Phi) is 5.53. The molecule has 25 heavy (non-hydrogen) atoms. The third-order valence-corrected chi connectivity index (χ3v) is 4.68. The first-order valence-electron chi connectivity index (χ1n) is 8.90. The van der Waals surface area contributed by atoms with Crippen LogP contribution in [0.15, 0.2) is 41.0 Å². The highest BCUT2D eigenvalue weighted by atomic mass is 16.3. The first-order chi connectivity index (χ1) is 12.1. The van der Waals surface area contributed by atoms with Gasteiger partial charge in [-0.1, -0.05) is 31.7 Å². The Morgan fingerprint density at radius 2 is 1.80 bits per heavy atom. The van der Waals surface area contributed by atoms with Crippen LogP contribution >= 0.6 is 0 Å². The van der Waals surface area contributed by atoms with E-state index < -0.39 is 0 Å². The van der Waals surface area contributed by atoms with Crippen molar-refractivity contribution in [1.29, 1.82) is 0 Å². The summed E-state index contributed by atoms with van der Waals surface area (Å²) in [6.07, 6.45) is 8.38. The summed E-state index contributed by atoms with van der Waals surface area (Å²) in [5.74, 6) is -0.164. The molecule has 0 aliphatic heterocycles. The third kappa shape index (κ3) is 4.50. The van der Waals surface area contributed by atoms with Crippen molar-refractivity contribution >= 4 is 17.5 Å². The van der Waals surface area contributed by atoms with E-state index in [1.165, 1.54) is 31.9 Å². The summed E-state index contributed by atoms with van der Waals surface area (Å²) >= 11 is 0. The van der Waals surface area contributed by atoms with Gasteiger partial charge in [0.15, 0.2) is 5.76 Å². The lowest BCUT2D eigenvalue weighted by Gasteiger charge is -2.17. The molecule has 0 bridgehead atoms. The van der Waals surface area contributed by atoms with Gasteiger partial charge in [-0.05, 0) is 49.6 Å². The number of carbonyl (C=O) groups is 2. The number of aryl methyl sites for hydroxylation is 1. The van der Waals surface area contributed by atoms with Gasteiger partial charge >= 0.3 is 0 Å². The van der Waals surface area contributed by atoms with Crippen molar-refractivity contribution in [2.24, 2.45) is 0 Å². The van der Waals surface area contributed by atoms with Crippen molar-refractivity contribution in [2.45, 2.75) is 51.5 Å². The number of nitrogens with one attached hydrogen (secondary N) is 2. The minimum absolute atomic E-state index is 0.0830. The second-order valence-corrected chi connectivity index (χ2v) is 6.62. The van der Waals surface area contributed by atoms with E-state index in [0.29, 0.717) is 11.3 Å². The van der Waals surface area contributed by atoms with E-state index in [-0.39, 0.29) is 23.6 Å². The molecule has 5 heteroatoms. The monoisotopic (exact) mass is 340 g/mol. The van der Waals surface area contributed by atoms with E-state index in [1.807, 2.05) is 13.0 Å². The summed E-state index contributed by atoms with van der Waals surface area (Å²) in [5, 5.41) is 5.94. The molecule has 0 unspecified atom stereocenters. The Labute approximate surface area is 147 Å². The van der Waals surface area contributed by atoms with Crippen LogP contribution in [0, 0.1) is 6.92 Å². The smallest absolute Gasteiger partial charge is 0.291 e. The fourth-order valence-electron chi connectivity index (χ4n) is 3.18. The maximum absolute atomic E-state index is 12.6. The number of furan rings is 1. The molecule has 0 atom stereocenters. The molecule has 132 valence electrons. The first-order valence-corrected chi connectivity index (χ1v) is 8.90. The van der Waals surface area contributed by atoms with Crippen LogP contribution in [-0.4, -0.2) is 17.9 Å². The first kappa shape index (κ1) is 17.3. The molecule has 0 radical (unpaired) electrons. The lowest BCUT2D eigenvalue weighted by molar-refractivity contribution is 0.0932. The fraction of sp³-hybridized carbons (Fsp3) is 0.400. The largest absolute Gasteiger partial charge is 0.459 e. The van der Waals surface area contributed by atoms with Crippen LogP contribution in [0.2, 0.25) is 0 Å². The van der Waals surface area contributed by atoms with Gasteiger partial charge in [0.25, 0.3) is 11.8 Å². The van der Waals surface area contributed by atoms with Gasteiger partial charge in [-0.2, -0.15) is 0 Å². The number of benzene rings is 1. The normalized spacial score (nSPS) is 15.4. The van der Waals surface area contributed by atoms with Gasteiger partial charge in [0, 0.05) is 17.3 Å². The maximum Gasteiger partial charge on any atom is 0.291 e. The minimum Gasteiger partial charge on any atom is -0.459 e. The summed E-state index contributed by atoms with van der Waals surface area (Å²) in [6, 6.07) is 8.88. The molecular formula is C20H24N2O3. The fourth-order valence-corrected chi connectivity index (χ4v) is 3.18. The summed E-state index contributed by atoms with van der Waals surface area (Å²) in [6.45, 7) is 1.89. The second kappa shape index (κ2) is 8.01. The molecule has 1 saturated carbocycles. The van der Waals surface area contributed by atoms with Gasteiger partial charge in [0.1, 0.15) is 0 Å². The van der Waals surface area contributed by atoms with Crippen molar-refractivity contribution in [2.75, 3.05) is 5.32 Å². The van der Waals surface area contributed by atoms with E-state index in [0.717, 1.165) is 18.4 Å². The van der Waals surface area contributed by atoms with Crippen molar-refractivity contribution < 1.29 is 14.0 Å². The Morgan fingerprint density at radius 3 is 2.48 bits per heavy atom. The van der Waals surface area contributed by atoms with Gasteiger partial charge in [-0.15, -0.1) is 0 Å². The standard InChI is InChI=1S/C20H24N2O3/c1-14-10-11-15(19(23)21-16-7-4-2-3-5-8-16)13-17(14)22-20(24)18-9-6-12-25-18/h6,9-13,16H,2-5,7-8H2,1H3,(H,21,23)(H,22,24). The number of anilines is 1. The predicted octanol–water partition coefficient (Wildman–Crippen LogP) is 4.29. The highest BCUT2D eigenvalue weighted by molar-refractivity contribution is 6.03. The summed E-state index contributed by atoms with van der Waals surface area (Å²) in [5.41, 5.74) is 2.07. The molecule has 1 aromatic heterocycles. The van der Waals surface area contributed by atoms with Gasteiger partial charge in [0.05, 0.1) is 6.26 Å². The summed E-state index contributed by atoms with van der Waals surface area (Å²) < 4.78 is 5.11. The number of carbonyl (C=O) groups excluding carboxylic acids is 2. The maximum atomic E-state index is 12.6. The number of hydrogen-bond acceptors (Lipinski definition) is 3. The molecule has 1 heterocycles. The molecule has 1 fully saturated rings. The third-order valence-electron chi connectivity index (χ3n) is 4.68. The molecule has 1 aliphatic rings. The van der Waals surface area contributed by atoms with Gasteiger partial charge in [-0.3, -0.25) is 9.59 Å². The molecule has 0 saturated heterocycles. The number of hydrogen-bond donors (Lipinski definition) is 2. The summed E-state index contributed by atoms with van der Waals surface area (Å²) in [4.78, 5) is 24.7. The van der Waals surface area contributed by atoms with E-state index >= 15 is 0 Å². The molecule has 2 aromatic rings. The average molecular weight is 340 g/mol. The predicted molar refractivity (Wildman–Crippen MR) is 96.8 cm³/mol. The zero-order chi connectivity index (χ0) is 17.6. The quantitative estimate of drug-likeness (QED) is 0.816. The molecular weight excluding hydrogens is 316 g/mol. The van der Waals surface area contributed by atoms with Gasteiger partial charge in [0.2, 0.25) is 0 Å². The molecule has 2 amide bonds. The van der Waals surface area contributed by atoms with Crippen LogP contribution < -0.4 is 10.6 Å². The molecule has 3 rings (SSSR count). The topological polar surface area (TPSA) is 71.3 Å². The van der Waals surface area contributed by atoms with Crippen molar-refractivity contribution in [3.05, 3.63) is 53.5 Å². The van der Waals surface area contributed by atoms with Crippen LogP contribution in [0.4, 0.5) is 5.69 Å². The van der Waals surface area contributed by atoms with Crippen LogP contribution in [0.1, 0.15) is 65.0 Å². The average Bonchev–Trinajstić information content (AvgIpc) is 3.03. The highest BCUT2D eigenvalue weighted by Gasteiger charge is 2.17. The molecule has 1 aromatic carbocycles. The zero-order valence-corrected chi connectivity index (χ0v) is 14.5.